The Hall–Kier alpha value is -1.06. The van der Waals surface area contributed by atoms with Crippen molar-refractivity contribution in [3.8, 4) is 0 Å². The van der Waals surface area contributed by atoms with Crippen molar-refractivity contribution in [2.45, 2.75) is 45.6 Å². The van der Waals surface area contributed by atoms with Gasteiger partial charge in [-0.1, -0.05) is 30.9 Å². The molecular weight excluding hydrogens is 168 g/mol. The van der Waals surface area contributed by atoms with Crippen molar-refractivity contribution in [1.29, 1.82) is 0 Å². The van der Waals surface area contributed by atoms with E-state index < -0.39 is 0 Å². The minimum Gasteiger partial charge on any atom is -0.284 e. The van der Waals surface area contributed by atoms with Gasteiger partial charge in [-0.3, -0.25) is 4.52 Å². The maximum atomic E-state index is 10.6. The standard InChI is InChI=1S/C9H16N2O2/c1-2-3-4-5-6-7-11-8-9(12)13-10-11/h8H,2-7H2,1H3/p+1. The second-order valence-electron chi connectivity index (χ2n) is 3.25. The van der Waals surface area contributed by atoms with E-state index >= 15 is 0 Å². The Kier molecular flexibility index (Phi) is 4.29. The van der Waals surface area contributed by atoms with Crippen LogP contribution in [0.5, 0.6) is 0 Å². The zero-order chi connectivity index (χ0) is 9.52. The second-order valence-corrected chi connectivity index (χ2v) is 3.25. The smallest absolute Gasteiger partial charge is 0.284 e. The van der Waals surface area contributed by atoms with Gasteiger partial charge in [0.2, 0.25) is 0 Å². The molecule has 1 heterocycles. The molecule has 4 heteroatoms. The van der Waals surface area contributed by atoms with Crippen molar-refractivity contribution in [2.75, 3.05) is 0 Å². The third-order valence-corrected chi connectivity index (χ3v) is 2.03. The minimum atomic E-state index is -0.312. The molecule has 4 nitrogen and oxygen atoms in total. The van der Waals surface area contributed by atoms with Crippen LogP contribution in [-0.2, 0) is 6.54 Å². The summed E-state index contributed by atoms with van der Waals surface area (Å²) in [4.78, 5) is 10.6. The Balaban J connectivity index is 2.09. The molecule has 0 aromatic carbocycles. The SMILES string of the molecule is CCCCCCC[n+]1cc(=O)o[nH]1. The lowest BCUT2D eigenvalue weighted by Crippen LogP contribution is -2.35. The predicted octanol–water partition coefficient (Wildman–Crippen LogP) is 1.23. The lowest BCUT2D eigenvalue weighted by Gasteiger charge is -1.94. The summed E-state index contributed by atoms with van der Waals surface area (Å²) >= 11 is 0. The van der Waals surface area contributed by atoms with E-state index in [2.05, 4.69) is 16.7 Å². The lowest BCUT2D eigenvalue weighted by atomic mass is 10.1. The van der Waals surface area contributed by atoms with E-state index in [1.165, 1.54) is 31.9 Å². The molecule has 0 radical (unpaired) electrons. The Bertz CT molecular complexity index is 277. The van der Waals surface area contributed by atoms with Crippen molar-refractivity contribution >= 4 is 0 Å². The molecule has 13 heavy (non-hydrogen) atoms. The first kappa shape index (κ1) is 10.0. The molecule has 0 saturated heterocycles. The number of nitrogens with one attached hydrogen (secondary N) is 1. The van der Waals surface area contributed by atoms with Crippen LogP contribution in [0.15, 0.2) is 15.5 Å². The van der Waals surface area contributed by atoms with Crippen molar-refractivity contribution in [3.05, 3.63) is 16.6 Å². The number of aromatic amines is 1. The quantitative estimate of drug-likeness (QED) is 0.535. The molecule has 0 fully saturated rings. The molecule has 0 atom stereocenters. The predicted molar refractivity (Wildman–Crippen MR) is 48.3 cm³/mol. The van der Waals surface area contributed by atoms with Crippen molar-refractivity contribution in [2.24, 2.45) is 0 Å². The first-order valence-electron chi connectivity index (χ1n) is 4.91. The number of unbranched alkanes of at least 4 members (excludes halogenated alkanes) is 4. The van der Waals surface area contributed by atoms with Gasteiger partial charge in [0, 0.05) is 6.42 Å². The third-order valence-electron chi connectivity index (χ3n) is 2.03. The topological polar surface area (TPSA) is 49.9 Å². The van der Waals surface area contributed by atoms with Crippen LogP contribution in [0.3, 0.4) is 0 Å². The highest BCUT2D eigenvalue weighted by Gasteiger charge is 2.03. The van der Waals surface area contributed by atoms with Gasteiger partial charge in [0.05, 0.1) is 0 Å². The van der Waals surface area contributed by atoms with Crippen LogP contribution in [0.1, 0.15) is 39.0 Å². The Labute approximate surface area is 77.5 Å². The van der Waals surface area contributed by atoms with E-state index in [1.54, 1.807) is 4.68 Å². The van der Waals surface area contributed by atoms with Gasteiger partial charge >= 0.3 is 5.63 Å². The number of nitrogens with zero attached hydrogens (tertiary/aromatic N) is 1. The van der Waals surface area contributed by atoms with Gasteiger partial charge in [-0.15, -0.1) is 0 Å². The van der Waals surface area contributed by atoms with Gasteiger partial charge < -0.3 is 0 Å². The molecule has 1 aromatic heterocycles. The van der Waals surface area contributed by atoms with Crippen LogP contribution in [-0.4, -0.2) is 5.27 Å². The number of aromatic nitrogens is 2. The van der Waals surface area contributed by atoms with Crippen LogP contribution in [0.25, 0.3) is 0 Å². The highest BCUT2D eigenvalue weighted by molar-refractivity contribution is 4.48. The fourth-order valence-corrected chi connectivity index (χ4v) is 1.28. The monoisotopic (exact) mass is 185 g/mol. The second kappa shape index (κ2) is 5.56. The maximum absolute atomic E-state index is 10.6. The number of hydrogen-bond acceptors (Lipinski definition) is 2. The van der Waals surface area contributed by atoms with Crippen LogP contribution < -0.4 is 10.3 Å². The van der Waals surface area contributed by atoms with Gasteiger partial charge in [-0.2, -0.15) is 0 Å². The number of H-pyrrole nitrogens is 1. The summed E-state index contributed by atoms with van der Waals surface area (Å²) < 4.78 is 6.21. The van der Waals surface area contributed by atoms with Crippen LogP contribution >= 0.6 is 0 Å². The van der Waals surface area contributed by atoms with Gasteiger partial charge in [0.25, 0.3) is 6.20 Å². The van der Waals surface area contributed by atoms with E-state index in [0.717, 1.165) is 13.0 Å². The fourth-order valence-electron chi connectivity index (χ4n) is 1.28. The summed E-state index contributed by atoms with van der Waals surface area (Å²) in [5.74, 6) is 0. The van der Waals surface area contributed by atoms with Crippen molar-refractivity contribution < 1.29 is 9.20 Å². The molecule has 0 unspecified atom stereocenters. The molecule has 0 aliphatic heterocycles. The molecule has 0 aliphatic carbocycles. The molecule has 0 saturated carbocycles. The zero-order valence-electron chi connectivity index (χ0n) is 8.08. The van der Waals surface area contributed by atoms with E-state index in [9.17, 15) is 4.79 Å². The van der Waals surface area contributed by atoms with Crippen molar-refractivity contribution in [1.82, 2.24) is 5.27 Å². The summed E-state index contributed by atoms with van der Waals surface area (Å²) in [5.41, 5.74) is -0.312. The molecule has 0 bridgehead atoms. The van der Waals surface area contributed by atoms with Gasteiger partial charge in [0.15, 0.2) is 6.54 Å². The fraction of sp³-hybridized carbons (Fsp3) is 0.778. The normalized spacial score (nSPS) is 10.5. The summed E-state index contributed by atoms with van der Waals surface area (Å²) in [6.07, 6.45) is 7.59. The van der Waals surface area contributed by atoms with Gasteiger partial charge in [-0.05, 0) is 11.7 Å². The maximum Gasteiger partial charge on any atom is 0.426 e. The largest absolute Gasteiger partial charge is 0.426 e. The van der Waals surface area contributed by atoms with E-state index in [0.29, 0.717) is 0 Å². The lowest BCUT2D eigenvalue weighted by molar-refractivity contribution is -0.762. The summed E-state index contributed by atoms with van der Waals surface area (Å²) in [7, 11) is 0. The first-order valence-corrected chi connectivity index (χ1v) is 4.91. The van der Waals surface area contributed by atoms with E-state index in [1.807, 2.05) is 0 Å². The summed E-state index contributed by atoms with van der Waals surface area (Å²) in [6, 6.07) is 0. The molecule has 1 aromatic rings. The molecule has 1 N–H and O–H groups in total. The zero-order valence-corrected chi connectivity index (χ0v) is 8.08. The average molecular weight is 185 g/mol. The highest BCUT2D eigenvalue weighted by Crippen LogP contribution is 2.01. The summed E-state index contributed by atoms with van der Waals surface area (Å²) in [5, 5.41) is 2.53. The van der Waals surface area contributed by atoms with E-state index in [-0.39, 0.29) is 5.63 Å². The van der Waals surface area contributed by atoms with Crippen LogP contribution in [0.2, 0.25) is 0 Å². The Morgan fingerprint density at radius 1 is 1.38 bits per heavy atom. The molecule has 74 valence electrons. The summed E-state index contributed by atoms with van der Waals surface area (Å²) in [6.45, 7) is 3.04. The Morgan fingerprint density at radius 2 is 2.15 bits per heavy atom. The molecule has 0 spiro atoms. The highest BCUT2D eigenvalue weighted by atomic mass is 16.5. The molecule has 1 rings (SSSR count). The van der Waals surface area contributed by atoms with E-state index in [4.69, 9.17) is 0 Å². The third kappa shape index (κ3) is 3.92. The Morgan fingerprint density at radius 3 is 2.77 bits per heavy atom. The molecule has 0 aliphatic rings. The average Bonchev–Trinajstić information content (AvgIpc) is 2.51. The number of rotatable bonds is 6. The van der Waals surface area contributed by atoms with Gasteiger partial charge in [0.1, 0.15) is 0 Å². The minimum absolute atomic E-state index is 0.312. The van der Waals surface area contributed by atoms with Crippen LogP contribution in [0, 0.1) is 0 Å². The van der Waals surface area contributed by atoms with Gasteiger partial charge in [-0.25, -0.2) is 4.79 Å². The first-order chi connectivity index (χ1) is 6.33. The van der Waals surface area contributed by atoms with Crippen LogP contribution in [0.4, 0.5) is 0 Å². The molecule has 0 amide bonds. The van der Waals surface area contributed by atoms with Crippen molar-refractivity contribution in [3.63, 3.8) is 0 Å². The number of aryl methyl sites for hydroxylation is 1. The molecular formula is C9H17N2O2+. The number of hydrogen-bond donors (Lipinski definition) is 1.